The van der Waals surface area contributed by atoms with E-state index in [1.807, 2.05) is 0 Å². The van der Waals surface area contributed by atoms with Gasteiger partial charge in [0.05, 0.1) is 18.0 Å². The third-order valence-corrected chi connectivity index (χ3v) is 4.18. The number of rotatable bonds is 4. The number of aliphatic hydroxyl groups excluding tert-OH is 1. The zero-order valence-corrected chi connectivity index (χ0v) is 10.7. The molecule has 0 radical (unpaired) electrons. The van der Waals surface area contributed by atoms with Crippen LogP contribution in [0.1, 0.15) is 18.3 Å². The summed E-state index contributed by atoms with van der Waals surface area (Å²) >= 11 is 0. The van der Waals surface area contributed by atoms with Gasteiger partial charge in [-0.1, -0.05) is 0 Å². The quantitative estimate of drug-likeness (QED) is 0.765. The number of nitrogens with one attached hydrogen (secondary N) is 1. The van der Waals surface area contributed by atoms with Gasteiger partial charge >= 0.3 is 0 Å². The molecule has 0 spiro atoms. The molecular weight excluding hydrogens is 230 g/mol. The molecule has 1 aromatic heterocycles. The first-order valence-electron chi connectivity index (χ1n) is 4.93. The molecule has 16 heavy (non-hydrogen) atoms. The topological polar surface area (TPSA) is 84.2 Å². The van der Waals surface area contributed by atoms with Gasteiger partial charge in [0.25, 0.3) is 0 Å². The zero-order valence-electron chi connectivity index (χ0n) is 9.85. The number of hydrogen-bond acceptors (Lipinski definition) is 4. The van der Waals surface area contributed by atoms with Crippen molar-refractivity contribution in [2.45, 2.75) is 31.7 Å². The highest BCUT2D eigenvalue weighted by atomic mass is 32.2. The molecule has 0 fully saturated rings. The molecule has 1 atom stereocenters. The lowest BCUT2D eigenvalue weighted by Crippen LogP contribution is -2.35. The van der Waals surface area contributed by atoms with E-state index < -0.39 is 16.1 Å². The van der Waals surface area contributed by atoms with Gasteiger partial charge in [-0.05, 0) is 20.8 Å². The van der Waals surface area contributed by atoms with Crippen LogP contribution in [0.3, 0.4) is 0 Å². The van der Waals surface area contributed by atoms with E-state index >= 15 is 0 Å². The molecule has 0 aliphatic carbocycles. The minimum absolute atomic E-state index is 0.190. The standard InChI is InChI=1S/C9H17N3O3S/c1-6(5-13)11-16(14,15)9-7(2)10-12(4)8(9)3/h6,11,13H,5H2,1-4H3/t6-/m0/s1. The Labute approximate surface area is 95.3 Å². The van der Waals surface area contributed by atoms with Gasteiger partial charge in [-0.3, -0.25) is 4.68 Å². The summed E-state index contributed by atoms with van der Waals surface area (Å²) in [5, 5.41) is 12.9. The van der Waals surface area contributed by atoms with Crippen molar-refractivity contribution in [1.29, 1.82) is 0 Å². The van der Waals surface area contributed by atoms with Crippen LogP contribution in [0.5, 0.6) is 0 Å². The lowest BCUT2D eigenvalue weighted by atomic mass is 10.4. The zero-order chi connectivity index (χ0) is 12.5. The molecule has 0 amide bonds. The Morgan fingerprint density at radius 3 is 2.44 bits per heavy atom. The Balaban J connectivity index is 3.17. The number of nitrogens with zero attached hydrogens (tertiary/aromatic N) is 2. The van der Waals surface area contributed by atoms with E-state index in [1.165, 1.54) is 4.68 Å². The van der Waals surface area contributed by atoms with Gasteiger partial charge in [0.15, 0.2) is 0 Å². The summed E-state index contributed by atoms with van der Waals surface area (Å²) < 4.78 is 27.9. The Kier molecular flexibility index (Phi) is 3.72. The van der Waals surface area contributed by atoms with Crippen molar-refractivity contribution < 1.29 is 13.5 Å². The van der Waals surface area contributed by atoms with Crippen LogP contribution >= 0.6 is 0 Å². The molecular formula is C9H17N3O3S. The summed E-state index contributed by atoms with van der Waals surface area (Å²) in [6.07, 6.45) is 0. The van der Waals surface area contributed by atoms with Gasteiger partial charge < -0.3 is 5.11 Å². The molecule has 92 valence electrons. The van der Waals surface area contributed by atoms with Gasteiger partial charge in [0.1, 0.15) is 4.90 Å². The van der Waals surface area contributed by atoms with Crippen LogP contribution in [0.2, 0.25) is 0 Å². The largest absolute Gasteiger partial charge is 0.395 e. The van der Waals surface area contributed by atoms with Gasteiger partial charge in [-0.2, -0.15) is 5.10 Å². The van der Waals surface area contributed by atoms with E-state index in [1.54, 1.807) is 27.8 Å². The predicted octanol–water partition coefficient (Wildman–Crippen LogP) is -0.304. The van der Waals surface area contributed by atoms with Gasteiger partial charge in [0.2, 0.25) is 10.0 Å². The Hall–Kier alpha value is -0.920. The highest BCUT2D eigenvalue weighted by Crippen LogP contribution is 2.18. The molecule has 0 saturated carbocycles. The summed E-state index contributed by atoms with van der Waals surface area (Å²) in [5.41, 5.74) is 1.03. The summed E-state index contributed by atoms with van der Waals surface area (Å²) in [7, 11) is -1.91. The monoisotopic (exact) mass is 247 g/mol. The lowest BCUT2D eigenvalue weighted by molar-refractivity contribution is 0.265. The number of hydrogen-bond donors (Lipinski definition) is 2. The summed E-state index contributed by atoms with van der Waals surface area (Å²) in [6.45, 7) is 4.69. The smallest absolute Gasteiger partial charge is 0.244 e. The second-order valence-electron chi connectivity index (χ2n) is 3.83. The first-order chi connectivity index (χ1) is 7.29. The molecule has 0 bridgehead atoms. The van der Waals surface area contributed by atoms with Crippen molar-refractivity contribution in [2.24, 2.45) is 7.05 Å². The van der Waals surface area contributed by atoms with Crippen molar-refractivity contribution in [3.05, 3.63) is 11.4 Å². The third-order valence-electron chi connectivity index (χ3n) is 2.34. The number of aliphatic hydroxyl groups is 1. The van der Waals surface area contributed by atoms with Crippen LogP contribution in [0.25, 0.3) is 0 Å². The molecule has 1 rings (SSSR count). The summed E-state index contributed by atoms with van der Waals surface area (Å²) in [6, 6.07) is -0.510. The molecule has 7 heteroatoms. The minimum atomic E-state index is -3.61. The van der Waals surface area contributed by atoms with Gasteiger partial charge in [0, 0.05) is 13.1 Å². The molecule has 0 aromatic carbocycles. The highest BCUT2D eigenvalue weighted by Gasteiger charge is 2.24. The Morgan fingerprint density at radius 1 is 1.50 bits per heavy atom. The number of sulfonamides is 1. The number of aromatic nitrogens is 2. The van der Waals surface area contributed by atoms with Crippen molar-refractivity contribution in [3.63, 3.8) is 0 Å². The SMILES string of the molecule is Cc1nn(C)c(C)c1S(=O)(=O)N[C@@H](C)CO. The van der Waals surface area contributed by atoms with Crippen molar-refractivity contribution in [1.82, 2.24) is 14.5 Å². The normalized spacial score (nSPS) is 14.1. The minimum Gasteiger partial charge on any atom is -0.395 e. The second-order valence-corrected chi connectivity index (χ2v) is 5.48. The van der Waals surface area contributed by atoms with E-state index in [0.717, 1.165) is 0 Å². The first kappa shape index (κ1) is 13.1. The molecule has 6 nitrogen and oxygen atoms in total. The summed E-state index contributed by atoms with van der Waals surface area (Å²) in [5.74, 6) is 0. The van der Waals surface area contributed by atoms with Gasteiger partial charge in [-0.25, -0.2) is 13.1 Å². The number of aryl methyl sites for hydroxylation is 2. The van der Waals surface area contributed by atoms with E-state index in [9.17, 15) is 8.42 Å². The summed E-state index contributed by atoms with van der Waals surface area (Å²) in [4.78, 5) is 0.190. The maximum absolute atomic E-state index is 12.0. The molecule has 2 N–H and O–H groups in total. The molecule has 0 aliphatic rings. The van der Waals surface area contributed by atoms with E-state index in [0.29, 0.717) is 11.4 Å². The molecule has 1 aromatic rings. The lowest BCUT2D eigenvalue weighted by Gasteiger charge is -2.11. The highest BCUT2D eigenvalue weighted by molar-refractivity contribution is 7.89. The molecule has 1 heterocycles. The fourth-order valence-corrected chi connectivity index (χ4v) is 3.18. The maximum Gasteiger partial charge on any atom is 0.244 e. The van der Waals surface area contributed by atoms with Crippen LogP contribution in [0.4, 0.5) is 0 Å². The Morgan fingerprint density at radius 2 is 2.06 bits per heavy atom. The third kappa shape index (κ3) is 2.42. The van der Waals surface area contributed by atoms with Gasteiger partial charge in [-0.15, -0.1) is 0 Å². The predicted molar refractivity (Wildman–Crippen MR) is 59.6 cm³/mol. The van der Waals surface area contributed by atoms with E-state index in [2.05, 4.69) is 9.82 Å². The van der Waals surface area contributed by atoms with E-state index in [-0.39, 0.29) is 11.5 Å². The maximum atomic E-state index is 12.0. The fourth-order valence-electron chi connectivity index (χ4n) is 1.50. The second kappa shape index (κ2) is 4.52. The average Bonchev–Trinajstić information content (AvgIpc) is 2.40. The first-order valence-corrected chi connectivity index (χ1v) is 6.41. The van der Waals surface area contributed by atoms with Crippen molar-refractivity contribution in [3.8, 4) is 0 Å². The molecule has 0 unspecified atom stereocenters. The molecule has 0 aliphatic heterocycles. The van der Waals surface area contributed by atoms with Crippen LogP contribution in [-0.2, 0) is 17.1 Å². The van der Waals surface area contributed by atoms with Crippen molar-refractivity contribution in [2.75, 3.05) is 6.61 Å². The molecule has 0 saturated heterocycles. The Bertz CT molecular complexity index is 478. The average molecular weight is 247 g/mol. The van der Waals surface area contributed by atoms with Crippen LogP contribution in [0, 0.1) is 13.8 Å². The van der Waals surface area contributed by atoms with E-state index in [4.69, 9.17) is 5.11 Å². The fraction of sp³-hybridized carbons (Fsp3) is 0.667. The van der Waals surface area contributed by atoms with Crippen LogP contribution in [0.15, 0.2) is 4.90 Å². The van der Waals surface area contributed by atoms with Crippen LogP contribution < -0.4 is 4.72 Å². The van der Waals surface area contributed by atoms with Crippen molar-refractivity contribution >= 4 is 10.0 Å². The van der Waals surface area contributed by atoms with Crippen LogP contribution in [-0.4, -0.2) is 36.0 Å².